The van der Waals surface area contributed by atoms with Crippen LogP contribution in [0.5, 0.6) is 5.75 Å². The van der Waals surface area contributed by atoms with E-state index in [1.165, 1.54) is 15.9 Å². The lowest BCUT2D eigenvalue weighted by Gasteiger charge is -2.07. The van der Waals surface area contributed by atoms with Gasteiger partial charge in [0.15, 0.2) is 0 Å². The van der Waals surface area contributed by atoms with Crippen molar-refractivity contribution in [1.82, 2.24) is 19.5 Å². The molecule has 142 valence electrons. The van der Waals surface area contributed by atoms with E-state index in [0.29, 0.717) is 16.0 Å². The lowest BCUT2D eigenvalue weighted by atomic mass is 10.2. The van der Waals surface area contributed by atoms with E-state index in [-0.39, 0.29) is 5.56 Å². The molecule has 0 saturated heterocycles. The van der Waals surface area contributed by atoms with Crippen LogP contribution in [0.2, 0.25) is 0 Å². The Morgan fingerprint density at radius 3 is 2.62 bits per heavy atom. The molecule has 0 saturated carbocycles. The summed E-state index contributed by atoms with van der Waals surface area (Å²) in [4.78, 5) is 27.3. The topological polar surface area (TPSA) is 81.9 Å². The fourth-order valence-corrected chi connectivity index (χ4v) is 4.21. The number of hydrogen-bond donors (Lipinski definition) is 1. The molecular formula is C21H15N5O2S. The second kappa shape index (κ2) is 6.99. The molecule has 5 rings (SSSR count). The Hall–Kier alpha value is -3.78. The van der Waals surface area contributed by atoms with Crippen LogP contribution in [0.25, 0.3) is 26.1 Å². The van der Waals surface area contributed by atoms with Gasteiger partial charge in [0.05, 0.1) is 23.9 Å². The van der Waals surface area contributed by atoms with Crippen molar-refractivity contribution in [2.24, 2.45) is 0 Å². The number of anilines is 2. The van der Waals surface area contributed by atoms with Crippen LogP contribution in [0.15, 0.2) is 72.0 Å². The van der Waals surface area contributed by atoms with Gasteiger partial charge in [-0.25, -0.2) is 15.0 Å². The molecule has 1 aromatic carbocycles. The van der Waals surface area contributed by atoms with E-state index in [0.717, 1.165) is 27.3 Å². The van der Waals surface area contributed by atoms with Crippen LogP contribution in [0.3, 0.4) is 0 Å². The Morgan fingerprint density at radius 1 is 1.00 bits per heavy atom. The van der Waals surface area contributed by atoms with Gasteiger partial charge in [-0.05, 0) is 42.5 Å². The van der Waals surface area contributed by atoms with Crippen LogP contribution in [0, 0.1) is 0 Å². The molecule has 4 aromatic heterocycles. The fourth-order valence-electron chi connectivity index (χ4n) is 3.16. The Labute approximate surface area is 169 Å². The minimum atomic E-state index is -0.132. The molecule has 0 unspecified atom stereocenters. The van der Waals surface area contributed by atoms with Crippen LogP contribution in [-0.2, 0) is 0 Å². The van der Waals surface area contributed by atoms with E-state index in [2.05, 4.69) is 20.3 Å². The van der Waals surface area contributed by atoms with Crippen molar-refractivity contribution in [2.75, 3.05) is 12.4 Å². The number of benzene rings is 1. The first-order valence-electron chi connectivity index (χ1n) is 8.86. The zero-order chi connectivity index (χ0) is 19.8. The van der Waals surface area contributed by atoms with Crippen molar-refractivity contribution in [3.63, 3.8) is 0 Å². The molecule has 5 aromatic rings. The van der Waals surface area contributed by atoms with Gasteiger partial charge in [-0.3, -0.25) is 9.36 Å². The number of aromatic nitrogens is 4. The third-order valence-corrected chi connectivity index (χ3v) is 5.64. The number of pyridine rings is 2. The van der Waals surface area contributed by atoms with Gasteiger partial charge in [0.25, 0.3) is 5.56 Å². The third kappa shape index (κ3) is 2.99. The number of fused-ring (bicyclic) bond motifs is 3. The molecule has 0 fully saturated rings. The number of hydrogen-bond acceptors (Lipinski definition) is 7. The molecule has 0 bridgehead atoms. The van der Waals surface area contributed by atoms with Gasteiger partial charge in [-0.15, -0.1) is 11.3 Å². The van der Waals surface area contributed by atoms with Crippen LogP contribution in [0.1, 0.15) is 0 Å². The highest BCUT2D eigenvalue weighted by molar-refractivity contribution is 7.25. The summed E-state index contributed by atoms with van der Waals surface area (Å²) in [7, 11) is 1.61. The normalized spacial score (nSPS) is 11.1. The number of ether oxygens (including phenoxy) is 1. The Bertz CT molecular complexity index is 1380. The van der Waals surface area contributed by atoms with Crippen molar-refractivity contribution >= 4 is 43.3 Å². The Morgan fingerprint density at radius 2 is 1.86 bits per heavy atom. The smallest absolute Gasteiger partial charge is 0.275 e. The molecule has 1 N–H and O–H groups in total. The van der Waals surface area contributed by atoms with Gasteiger partial charge in [-0.1, -0.05) is 6.07 Å². The highest BCUT2D eigenvalue weighted by atomic mass is 32.1. The lowest BCUT2D eigenvalue weighted by Crippen LogP contribution is -2.17. The lowest BCUT2D eigenvalue weighted by molar-refractivity contribution is 0.414. The number of methoxy groups -OCH3 is 1. The van der Waals surface area contributed by atoms with E-state index >= 15 is 0 Å². The van der Waals surface area contributed by atoms with Crippen molar-refractivity contribution in [1.29, 1.82) is 0 Å². The average Bonchev–Trinajstić information content (AvgIpc) is 3.16. The summed E-state index contributed by atoms with van der Waals surface area (Å²) in [5.74, 6) is 1.44. The van der Waals surface area contributed by atoms with E-state index in [9.17, 15) is 4.79 Å². The maximum atomic E-state index is 13.2. The summed E-state index contributed by atoms with van der Waals surface area (Å²) in [6.07, 6.45) is 4.99. The Kier molecular flexibility index (Phi) is 4.18. The molecule has 29 heavy (non-hydrogen) atoms. The zero-order valence-corrected chi connectivity index (χ0v) is 16.2. The third-order valence-electron chi connectivity index (χ3n) is 4.56. The number of thiophene rings is 1. The van der Waals surface area contributed by atoms with Gasteiger partial charge in [0.2, 0.25) is 0 Å². The second-order valence-corrected chi connectivity index (χ2v) is 7.28. The highest BCUT2D eigenvalue weighted by Gasteiger charge is 2.16. The van der Waals surface area contributed by atoms with E-state index < -0.39 is 0 Å². The van der Waals surface area contributed by atoms with Gasteiger partial charge in [0, 0.05) is 12.4 Å². The first kappa shape index (κ1) is 17.3. The molecule has 7 nitrogen and oxygen atoms in total. The van der Waals surface area contributed by atoms with E-state index in [4.69, 9.17) is 4.74 Å². The minimum absolute atomic E-state index is 0.132. The first-order valence-corrected chi connectivity index (χ1v) is 9.67. The number of nitrogens with one attached hydrogen (secondary N) is 1. The number of nitrogens with zero attached hydrogens (tertiary/aromatic N) is 4. The molecule has 0 amide bonds. The van der Waals surface area contributed by atoms with Gasteiger partial charge in [0.1, 0.15) is 32.9 Å². The number of rotatable bonds is 4. The summed E-state index contributed by atoms with van der Waals surface area (Å²) in [6, 6.07) is 14.8. The van der Waals surface area contributed by atoms with Gasteiger partial charge in [-0.2, -0.15) is 0 Å². The van der Waals surface area contributed by atoms with Gasteiger partial charge >= 0.3 is 0 Å². The fraction of sp³-hybridized carbons (Fsp3) is 0.0476. The predicted molar refractivity (Wildman–Crippen MR) is 115 cm³/mol. The van der Waals surface area contributed by atoms with Crippen LogP contribution in [0.4, 0.5) is 11.5 Å². The largest absolute Gasteiger partial charge is 0.497 e. The van der Waals surface area contributed by atoms with Crippen molar-refractivity contribution < 1.29 is 4.74 Å². The summed E-state index contributed by atoms with van der Waals surface area (Å²) >= 11 is 1.34. The summed E-state index contributed by atoms with van der Waals surface area (Å²) in [6.45, 7) is 0. The SMILES string of the molecule is COc1ccc(-n2cnc3c(sc4nccc(Nc5ccccn5)c43)c2=O)cc1. The van der Waals surface area contributed by atoms with Crippen LogP contribution in [-0.4, -0.2) is 26.6 Å². The predicted octanol–water partition coefficient (Wildman–Crippen LogP) is 4.14. The van der Waals surface area contributed by atoms with Gasteiger partial charge < -0.3 is 10.1 Å². The van der Waals surface area contributed by atoms with Crippen molar-refractivity contribution in [3.8, 4) is 11.4 Å². The molecule has 0 aliphatic heterocycles. The minimum Gasteiger partial charge on any atom is -0.497 e. The summed E-state index contributed by atoms with van der Waals surface area (Å²) < 4.78 is 7.27. The quantitative estimate of drug-likeness (QED) is 0.487. The summed E-state index contributed by atoms with van der Waals surface area (Å²) in [5.41, 5.74) is 2.04. The zero-order valence-electron chi connectivity index (χ0n) is 15.4. The molecule has 8 heteroatoms. The molecular weight excluding hydrogens is 386 g/mol. The average molecular weight is 401 g/mol. The molecule has 0 aliphatic rings. The van der Waals surface area contributed by atoms with Crippen molar-refractivity contribution in [3.05, 3.63) is 77.6 Å². The van der Waals surface area contributed by atoms with Crippen LogP contribution < -0.4 is 15.6 Å². The van der Waals surface area contributed by atoms with E-state index in [1.807, 2.05) is 48.5 Å². The molecule has 4 heterocycles. The van der Waals surface area contributed by atoms with Crippen LogP contribution >= 0.6 is 11.3 Å². The Balaban J connectivity index is 1.67. The maximum Gasteiger partial charge on any atom is 0.275 e. The second-order valence-electron chi connectivity index (χ2n) is 6.28. The monoisotopic (exact) mass is 401 g/mol. The molecule has 0 spiro atoms. The maximum absolute atomic E-state index is 13.2. The summed E-state index contributed by atoms with van der Waals surface area (Å²) in [5, 5.41) is 4.11. The van der Waals surface area contributed by atoms with Crippen molar-refractivity contribution in [2.45, 2.75) is 0 Å². The molecule has 0 radical (unpaired) electrons. The first-order chi connectivity index (χ1) is 14.2. The molecule has 0 atom stereocenters. The standard InChI is InChI=1S/C21H15N5O2S/c1-28-14-7-5-13(6-8-14)26-12-24-18-17-15(25-16-4-2-3-10-22-16)9-11-23-20(17)29-19(18)21(26)27/h2-12H,1H3,(H,22,23,25). The van der Waals surface area contributed by atoms with E-state index in [1.54, 1.807) is 25.8 Å². The molecule has 0 aliphatic carbocycles. The highest BCUT2D eigenvalue weighted by Crippen LogP contribution is 2.35.